The zero-order valence-electron chi connectivity index (χ0n) is 26.3. The molecule has 11 rings (SSSR count). The molecule has 0 N–H and O–H groups in total. The smallest absolute Gasteiger partial charge is 0.213 e. The fourth-order valence-corrected chi connectivity index (χ4v) is 9.03. The molecule has 0 fully saturated rings. The highest BCUT2D eigenvalue weighted by molar-refractivity contribution is 6.26. The van der Waals surface area contributed by atoms with Gasteiger partial charge in [0.2, 0.25) is 11.7 Å². The van der Waals surface area contributed by atoms with E-state index < -0.39 is 0 Å². The molecule has 2 unspecified atom stereocenters. The summed E-state index contributed by atoms with van der Waals surface area (Å²) >= 11 is 0. The molecule has 226 valence electrons. The Bertz CT molecular complexity index is 2900. The van der Waals surface area contributed by atoms with Crippen LogP contribution in [-0.2, 0) is 6.42 Å². The van der Waals surface area contributed by atoms with E-state index in [2.05, 4.69) is 131 Å². The maximum absolute atomic E-state index is 6.33. The molecule has 4 heteroatoms. The number of furan rings is 1. The number of hydrogen-bond donors (Lipinski definition) is 0. The number of pyridine rings is 1. The summed E-state index contributed by atoms with van der Waals surface area (Å²) in [6, 6.07) is 39.7. The standard InChI is InChI=1S/C44H30N3O/c1-3-37-33-22-34-30-14-10-15-31-35-24-42-36(29-13-6-7-17-41(29)48-42)23-40(35)47(44(30)31)39(34)21-26(33)18-19-32-27-11-4-5-12-28(27)38-16-8-9-20-46(38)43(32)25(2)45-37/h3-17,20-24,32,43H,1-2,18-19H2/q+1. The molecular weight excluding hydrogens is 587 g/mol. The molecule has 0 saturated heterocycles. The third kappa shape index (κ3) is 3.29. The zero-order chi connectivity index (χ0) is 31.7. The number of fused-ring (bicyclic) bond motifs is 16. The number of aliphatic imine (C=N–C) groups is 1. The van der Waals surface area contributed by atoms with Crippen LogP contribution in [0.1, 0.15) is 35.1 Å². The fraction of sp³-hybridized carbons (Fsp3) is 0.0909. The summed E-state index contributed by atoms with van der Waals surface area (Å²) in [6.07, 6.45) is 5.99. The van der Waals surface area contributed by atoms with Gasteiger partial charge in [-0.1, -0.05) is 67.8 Å². The van der Waals surface area contributed by atoms with Crippen molar-refractivity contribution in [3.8, 4) is 11.3 Å². The fourth-order valence-electron chi connectivity index (χ4n) is 9.03. The van der Waals surface area contributed by atoms with Crippen LogP contribution < -0.4 is 4.57 Å². The predicted octanol–water partition coefficient (Wildman–Crippen LogP) is 10.5. The highest BCUT2D eigenvalue weighted by Gasteiger charge is 2.42. The minimum Gasteiger partial charge on any atom is -0.456 e. The van der Waals surface area contributed by atoms with E-state index in [1.165, 1.54) is 60.5 Å². The quantitative estimate of drug-likeness (QED) is 0.169. The summed E-state index contributed by atoms with van der Waals surface area (Å²) in [4.78, 5) is 5.30. The van der Waals surface area contributed by atoms with Crippen molar-refractivity contribution in [3.63, 3.8) is 0 Å². The number of allylic oxidation sites excluding steroid dienone is 2. The van der Waals surface area contributed by atoms with Crippen LogP contribution in [0.3, 0.4) is 0 Å². The molecule has 0 bridgehead atoms. The molecule has 0 amide bonds. The summed E-state index contributed by atoms with van der Waals surface area (Å²) in [6.45, 7) is 8.88. The third-order valence-corrected chi connectivity index (χ3v) is 11.0. The van der Waals surface area contributed by atoms with E-state index in [1.54, 1.807) is 0 Å². The number of nitrogens with zero attached hydrogens (tertiary/aromatic N) is 3. The van der Waals surface area contributed by atoms with Gasteiger partial charge in [-0.3, -0.25) is 0 Å². The lowest BCUT2D eigenvalue weighted by Crippen LogP contribution is -2.48. The molecule has 5 aromatic carbocycles. The van der Waals surface area contributed by atoms with Gasteiger partial charge in [-0.2, -0.15) is 4.57 Å². The molecule has 6 heterocycles. The molecule has 48 heavy (non-hydrogen) atoms. The monoisotopic (exact) mass is 616 g/mol. The van der Waals surface area contributed by atoms with Gasteiger partial charge in [-0.05, 0) is 72.5 Å². The Morgan fingerprint density at radius 3 is 2.40 bits per heavy atom. The van der Waals surface area contributed by atoms with Crippen molar-refractivity contribution in [3.05, 3.63) is 157 Å². The first-order valence-corrected chi connectivity index (χ1v) is 16.7. The van der Waals surface area contributed by atoms with Gasteiger partial charge in [0.25, 0.3) is 0 Å². The normalized spacial score (nSPS) is 17.7. The number of hydrogen-bond acceptors (Lipinski definition) is 2. The van der Waals surface area contributed by atoms with Gasteiger partial charge >= 0.3 is 0 Å². The van der Waals surface area contributed by atoms with Crippen LogP contribution in [0.4, 0.5) is 0 Å². The lowest BCUT2D eigenvalue weighted by Gasteiger charge is -2.30. The number of benzene rings is 5. The first-order chi connectivity index (χ1) is 23.7. The van der Waals surface area contributed by atoms with Crippen molar-refractivity contribution in [2.24, 2.45) is 4.99 Å². The van der Waals surface area contributed by atoms with Crippen LogP contribution in [0.5, 0.6) is 0 Å². The molecule has 2 aliphatic heterocycles. The first-order valence-electron chi connectivity index (χ1n) is 16.7. The number of aryl methyl sites for hydroxylation is 1. The van der Waals surface area contributed by atoms with Gasteiger partial charge in [-0.25, -0.2) is 4.99 Å². The number of para-hydroxylation sites is 2. The van der Waals surface area contributed by atoms with Crippen molar-refractivity contribution in [2.45, 2.75) is 24.8 Å². The predicted molar refractivity (Wildman–Crippen MR) is 196 cm³/mol. The number of rotatable bonds is 1. The molecule has 0 aliphatic carbocycles. The van der Waals surface area contributed by atoms with Crippen LogP contribution in [0, 0.1) is 0 Å². The van der Waals surface area contributed by atoms with E-state index in [-0.39, 0.29) is 12.0 Å². The minimum absolute atomic E-state index is 0.0214. The van der Waals surface area contributed by atoms with Crippen LogP contribution in [0.2, 0.25) is 0 Å². The minimum atomic E-state index is 0.0214. The summed E-state index contributed by atoms with van der Waals surface area (Å²) in [7, 11) is 0. The Morgan fingerprint density at radius 2 is 1.50 bits per heavy atom. The summed E-state index contributed by atoms with van der Waals surface area (Å²) < 4.78 is 11.2. The molecule has 2 atom stereocenters. The highest BCUT2D eigenvalue weighted by Crippen LogP contribution is 2.46. The molecule has 4 aromatic heterocycles. The first kappa shape index (κ1) is 26.1. The van der Waals surface area contributed by atoms with Crippen molar-refractivity contribution in [2.75, 3.05) is 0 Å². The van der Waals surface area contributed by atoms with Gasteiger partial charge < -0.3 is 8.82 Å². The van der Waals surface area contributed by atoms with Crippen molar-refractivity contribution in [1.29, 1.82) is 0 Å². The van der Waals surface area contributed by atoms with Crippen molar-refractivity contribution < 1.29 is 8.98 Å². The second-order valence-electron chi connectivity index (χ2n) is 13.4. The molecule has 2 aliphatic rings. The maximum atomic E-state index is 6.33. The summed E-state index contributed by atoms with van der Waals surface area (Å²) in [5.74, 6) is 0.238. The second kappa shape index (κ2) is 9.30. The third-order valence-electron chi connectivity index (χ3n) is 11.0. The van der Waals surface area contributed by atoms with E-state index in [9.17, 15) is 0 Å². The van der Waals surface area contributed by atoms with Crippen LogP contribution >= 0.6 is 0 Å². The SMILES string of the molecule is C=CC1=NC(=C)C2C(CCc3cc4c(cc31)c1cccc3c5cc6oc7ccccc7c6cc5n4c13)c1ccccc1-c1cccc[n+]12. The lowest BCUT2D eigenvalue weighted by molar-refractivity contribution is -0.709. The van der Waals surface area contributed by atoms with Gasteiger partial charge in [0, 0.05) is 55.6 Å². The second-order valence-corrected chi connectivity index (χ2v) is 13.4. The van der Waals surface area contributed by atoms with Crippen molar-refractivity contribution in [1.82, 2.24) is 4.40 Å². The number of aromatic nitrogens is 2. The summed E-state index contributed by atoms with van der Waals surface area (Å²) in [5, 5.41) is 7.24. The maximum Gasteiger partial charge on any atom is 0.213 e. The van der Waals surface area contributed by atoms with Gasteiger partial charge in [-0.15, -0.1) is 0 Å². The Kier molecular flexibility index (Phi) is 5.06. The largest absolute Gasteiger partial charge is 0.456 e. The van der Waals surface area contributed by atoms with Crippen molar-refractivity contribution >= 4 is 65.7 Å². The van der Waals surface area contributed by atoms with Gasteiger partial charge in [0.1, 0.15) is 16.9 Å². The van der Waals surface area contributed by atoms with E-state index >= 15 is 0 Å². The van der Waals surface area contributed by atoms with E-state index in [0.29, 0.717) is 0 Å². The van der Waals surface area contributed by atoms with Crippen LogP contribution in [0.15, 0.2) is 150 Å². The highest BCUT2D eigenvalue weighted by atomic mass is 16.3. The topological polar surface area (TPSA) is 33.8 Å². The van der Waals surface area contributed by atoms with E-state index in [4.69, 9.17) is 9.41 Å². The zero-order valence-corrected chi connectivity index (χ0v) is 26.3. The van der Waals surface area contributed by atoms with E-state index in [1.807, 2.05) is 12.1 Å². The molecular formula is C44H30N3O+. The molecule has 4 nitrogen and oxygen atoms in total. The van der Waals surface area contributed by atoms with Gasteiger partial charge in [0.15, 0.2) is 6.20 Å². The molecule has 0 spiro atoms. The van der Waals surface area contributed by atoms with Gasteiger partial charge in [0.05, 0.1) is 28.2 Å². The Morgan fingerprint density at radius 1 is 0.729 bits per heavy atom. The Hall–Kier alpha value is -6.00. The molecule has 0 saturated carbocycles. The van der Waals surface area contributed by atoms with Crippen LogP contribution in [-0.4, -0.2) is 10.1 Å². The van der Waals surface area contributed by atoms with Crippen LogP contribution in [0.25, 0.3) is 71.3 Å². The Labute approximate surface area is 276 Å². The average molecular weight is 617 g/mol. The Balaban J connectivity index is 1.18. The average Bonchev–Trinajstić information content (AvgIpc) is 3.78. The summed E-state index contributed by atoms with van der Waals surface area (Å²) in [5.41, 5.74) is 13.6. The lowest BCUT2D eigenvalue weighted by atomic mass is 9.78. The molecule has 9 aromatic rings. The van der Waals surface area contributed by atoms with E-state index in [0.717, 1.165) is 51.8 Å². The molecule has 0 radical (unpaired) electrons.